The number of hydrazine groups is 1. The number of benzene rings is 1. The van der Waals surface area contributed by atoms with Crippen LogP contribution < -0.4 is 11.3 Å². The van der Waals surface area contributed by atoms with E-state index in [4.69, 9.17) is 10.3 Å². The molecule has 0 atom stereocenters. The van der Waals surface area contributed by atoms with E-state index in [1.54, 1.807) is 18.3 Å². The zero-order valence-corrected chi connectivity index (χ0v) is 9.74. The summed E-state index contributed by atoms with van der Waals surface area (Å²) in [6, 6.07) is 7.27. The monoisotopic (exact) mass is 249 g/mol. The van der Waals surface area contributed by atoms with Crippen LogP contribution in [0.3, 0.4) is 0 Å². The van der Waals surface area contributed by atoms with Crippen molar-refractivity contribution >= 4 is 17.7 Å². The van der Waals surface area contributed by atoms with E-state index in [1.165, 1.54) is 18.0 Å². The van der Waals surface area contributed by atoms with Crippen LogP contribution in [-0.2, 0) is 5.75 Å². The molecule has 0 saturated carbocycles. The van der Waals surface area contributed by atoms with Crippen molar-refractivity contribution in [3.63, 3.8) is 0 Å². The fraction of sp³-hybridized carbons (Fsp3) is 0.0909. The smallest absolute Gasteiger partial charge is 0.265 e. The highest BCUT2D eigenvalue weighted by Crippen LogP contribution is 2.22. The second-order valence-corrected chi connectivity index (χ2v) is 4.14. The highest BCUT2D eigenvalue weighted by atomic mass is 32.2. The number of nitrogens with one attached hydrogen (secondary N) is 1. The minimum Gasteiger partial charge on any atom is -0.440 e. The number of oxazole rings is 1. The Morgan fingerprint density at radius 3 is 3.00 bits per heavy atom. The van der Waals surface area contributed by atoms with Crippen LogP contribution in [0.15, 0.2) is 46.4 Å². The second kappa shape index (κ2) is 5.51. The molecular weight excluding hydrogens is 238 g/mol. The predicted molar refractivity (Wildman–Crippen MR) is 64.2 cm³/mol. The molecule has 0 radical (unpaired) electrons. The van der Waals surface area contributed by atoms with E-state index in [2.05, 4.69) is 10.4 Å². The van der Waals surface area contributed by atoms with Crippen LogP contribution in [0.5, 0.6) is 0 Å². The lowest BCUT2D eigenvalue weighted by Gasteiger charge is -2.06. The van der Waals surface area contributed by atoms with E-state index in [9.17, 15) is 4.79 Å². The average molecular weight is 249 g/mol. The first-order chi connectivity index (χ1) is 8.31. The van der Waals surface area contributed by atoms with Crippen LogP contribution in [0.25, 0.3) is 0 Å². The number of hydrogen-bond donors (Lipinski definition) is 2. The second-order valence-electron chi connectivity index (χ2n) is 3.22. The van der Waals surface area contributed by atoms with Gasteiger partial charge in [-0.3, -0.25) is 10.2 Å². The highest BCUT2D eigenvalue weighted by Gasteiger charge is 2.10. The van der Waals surface area contributed by atoms with Crippen LogP contribution in [0, 0.1) is 0 Å². The maximum absolute atomic E-state index is 11.5. The number of hydrogen-bond acceptors (Lipinski definition) is 5. The van der Waals surface area contributed by atoms with Gasteiger partial charge in [0.15, 0.2) is 0 Å². The van der Waals surface area contributed by atoms with Crippen molar-refractivity contribution in [2.45, 2.75) is 11.0 Å². The first-order valence-corrected chi connectivity index (χ1v) is 5.91. The molecule has 2 aromatic rings. The molecular formula is C11H11N3O2S. The minimum absolute atomic E-state index is 0.298. The molecule has 0 bridgehead atoms. The van der Waals surface area contributed by atoms with E-state index in [-0.39, 0.29) is 5.91 Å². The Bertz CT molecular complexity index is 499. The molecule has 0 fully saturated rings. The molecule has 1 aromatic heterocycles. The molecule has 5 nitrogen and oxygen atoms in total. The molecule has 1 amide bonds. The van der Waals surface area contributed by atoms with Gasteiger partial charge in [0.2, 0.25) is 0 Å². The Morgan fingerprint density at radius 2 is 2.29 bits per heavy atom. The SMILES string of the molecule is NNC(=O)c1ccccc1CSc1ncco1. The minimum atomic E-state index is -0.298. The molecule has 0 aliphatic carbocycles. The summed E-state index contributed by atoms with van der Waals surface area (Å²) in [5, 5.41) is 0.577. The molecule has 1 heterocycles. The molecule has 0 spiro atoms. The van der Waals surface area contributed by atoms with E-state index in [0.717, 1.165) is 5.56 Å². The van der Waals surface area contributed by atoms with Crippen LogP contribution >= 0.6 is 11.8 Å². The van der Waals surface area contributed by atoms with E-state index in [0.29, 0.717) is 16.5 Å². The summed E-state index contributed by atoms with van der Waals surface area (Å²) < 4.78 is 5.11. The number of rotatable bonds is 4. The van der Waals surface area contributed by atoms with Crippen molar-refractivity contribution < 1.29 is 9.21 Å². The van der Waals surface area contributed by atoms with Gasteiger partial charge in [0, 0.05) is 11.3 Å². The van der Waals surface area contributed by atoms with Crippen LogP contribution in [-0.4, -0.2) is 10.9 Å². The number of nitrogens with two attached hydrogens (primary N) is 1. The number of carbonyl (C=O) groups is 1. The lowest BCUT2D eigenvalue weighted by atomic mass is 10.1. The van der Waals surface area contributed by atoms with Crippen LogP contribution in [0.2, 0.25) is 0 Å². The topological polar surface area (TPSA) is 81.1 Å². The standard InChI is InChI=1S/C11H11N3O2S/c12-14-10(15)9-4-2-1-3-8(9)7-17-11-13-5-6-16-11/h1-6H,7,12H2,(H,14,15). The molecule has 1 aromatic carbocycles. The van der Waals surface area contributed by atoms with Crippen molar-refractivity contribution in [3.05, 3.63) is 47.9 Å². The Labute approximate surface area is 102 Å². The van der Waals surface area contributed by atoms with Crippen molar-refractivity contribution in [1.29, 1.82) is 0 Å². The Balaban J connectivity index is 2.12. The third kappa shape index (κ3) is 2.86. The maximum Gasteiger partial charge on any atom is 0.265 e. The summed E-state index contributed by atoms with van der Waals surface area (Å²) in [7, 11) is 0. The summed E-state index contributed by atoms with van der Waals surface area (Å²) >= 11 is 1.42. The number of nitrogens with zero attached hydrogens (tertiary/aromatic N) is 1. The molecule has 0 unspecified atom stereocenters. The maximum atomic E-state index is 11.5. The molecule has 6 heteroatoms. The van der Waals surface area contributed by atoms with Crippen molar-refractivity contribution in [2.75, 3.05) is 0 Å². The fourth-order valence-electron chi connectivity index (χ4n) is 1.37. The van der Waals surface area contributed by atoms with Gasteiger partial charge >= 0.3 is 0 Å². The Morgan fingerprint density at radius 1 is 1.47 bits per heavy atom. The Kier molecular flexibility index (Phi) is 3.79. The first-order valence-electron chi connectivity index (χ1n) is 4.92. The molecule has 17 heavy (non-hydrogen) atoms. The molecule has 2 rings (SSSR count). The van der Waals surface area contributed by atoms with Gasteiger partial charge in [0.05, 0.1) is 6.20 Å². The molecule has 3 N–H and O–H groups in total. The quantitative estimate of drug-likeness (QED) is 0.372. The van der Waals surface area contributed by atoms with E-state index in [1.807, 2.05) is 12.1 Å². The largest absolute Gasteiger partial charge is 0.440 e. The van der Waals surface area contributed by atoms with Gasteiger partial charge in [-0.05, 0) is 11.6 Å². The molecule has 88 valence electrons. The highest BCUT2D eigenvalue weighted by molar-refractivity contribution is 7.98. The van der Waals surface area contributed by atoms with Crippen molar-refractivity contribution in [3.8, 4) is 0 Å². The van der Waals surface area contributed by atoms with Gasteiger partial charge in [-0.1, -0.05) is 30.0 Å². The van der Waals surface area contributed by atoms with Gasteiger partial charge < -0.3 is 4.42 Å². The lowest BCUT2D eigenvalue weighted by Crippen LogP contribution is -2.30. The van der Waals surface area contributed by atoms with E-state index < -0.39 is 0 Å². The molecule has 0 saturated heterocycles. The number of carbonyl (C=O) groups excluding carboxylic acids is 1. The zero-order valence-electron chi connectivity index (χ0n) is 8.92. The van der Waals surface area contributed by atoms with Gasteiger partial charge in [0.25, 0.3) is 11.1 Å². The van der Waals surface area contributed by atoms with Crippen molar-refractivity contribution in [1.82, 2.24) is 10.4 Å². The predicted octanol–water partition coefficient (Wildman–Crippen LogP) is 1.57. The van der Waals surface area contributed by atoms with E-state index >= 15 is 0 Å². The number of nitrogen functional groups attached to an aromatic ring is 1. The third-order valence-corrected chi connectivity index (χ3v) is 3.06. The van der Waals surface area contributed by atoms with Gasteiger partial charge in [-0.25, -0.2) is 10.8 Å². The number of aromatic nitrogens is 1. The van der Waals surface area contributed by atoms with Crippen molar-refractivity contribution in [2.24, 2.45) is 5.84 Å². The third-order valence-electron chi connectivity index (χ3n) is 2.15. The van der Waals surface area contributed by atoms with Gasteiger partial charge in [-0.2, -0.15) is 0 Å². The summed E-state index contributed by atoms with van der Waals surface area (Å²) in [5.41, 5.74) is 3.58. The molecule has 0 aliphatic rings. The normalized spacial score (nSPS) is 10.2. The average Bonchev–Trinajstić information content (AvgIpc) is 2.89. The molecule has 0 aliphatic heterocycles. The first kappa shape index (κ1) is 11.7. The van der Waals surface area contributed by atoms with Crippen LogP contribution in [0.1, 0.15) is 15.9 Å². The van der Waals surface area contributed by atoms with Crippen LogP contribution in [0.4, 0.5) is 0 Å². The number of thioether (sulfide) groups is 1. The fourth-order valence-corrected chi connectivity index (χ4v) is 2.16. The summed E-state index contributed by atoms with van der Waals surface area (Å²) in [6.07, 6.45) is 3.10. The number of amides is 1. The summed E-state index contributed by atoms with van der Waals surface area (Å²) in [5.74, 6) is 5.43. The summed E-state index contributed by atoms with van der Waals surface area (Å²) in [4.78, 5) is 15.5. The van der Waals surface area contributed by atoms with Gasteiger partial charge in [-0.15, -0.1) is 0 Å². The van der Waals surface area contributed by atoms with Gasteiger partial charge in [0.1, 0.15) is 6.26 Å². The Hall–Kier alpha value is -1.79. The summed E-state index contributed by atoms with van der Waals surface area (Å²) in [6.45, 7) is 0. The lowest BCUT2D eigenvalue weighted by molar-refractivity contribution is 0.0953. The zero-order chi connectivity index (χ0) is 12.1.